The number of ether oxygens (including phenoxy) is 1. The molecule has 1 amide bonds. The number of nitrogens with one attached hydrogen (secondary N) is 1. The highest BCUT2D eigenvalue weighted by molar-refractivity contribution is 7.92. The van der Waals surface area contributed by atoms with Gasteiger partial charge in [-0.2, -0.15) is 18.4 Å². The average molecular weight is 528 g/mol. The highest BCUT2D eigenvalue weighted by atomic mass is 32.2. The molecule has 0 saturated heterocycles. The molecule has 2 aliphatic carbocycles. The van der Waals surface area contributed by atoms with Gasteiger partial charge in [-0.3, -0.25) is 4.79 Å². The van der Waals surface area contributed by atoms with Gasteiger partial charge >= 0.3 is 6.18 Å². The van der Waals surface area contributed by atoms with E-state index in [0.29, 0.717) is 25.0 Å². The summed E-state index contributed by atoms with van der Waals surface area (Å²) >= 11 is 0. The lowest BCUT2D eigenvalue weighted by atomic mass is 10.0. The van der Waals surface area contributed by atoms with Gasteiger partial charge in [-0.05, 0) is 55.5 Å². The Balaban J connectivity index is 1.68. The number of sulfone groups is 1. The minimum atomic E-state index is -5.10. The highest BCUT2D eigenvalue weighted by Gasteiger charge is 2.51. The molecule has 36 heavy (non-hydrogen) atoms. The molecular formula is C24H21F5N2O4S. The maximum atomic E-state index is 14.2. The van der Waals surface area contributed by atoms with Crippen LogP contribution in [-0.4, -0.2) is 38.3 Å². The summed E-state index contributed by atoms with van der Waals surface area (Å²) in [5.74, 6) is -3.57. The second kappa shape index (κ2) is 9.12. The molecular weight excluding hydrogens is 507 g/mol. The highest BCUT2D eigenvalue weighted by Crippen LogP contribution is 2.43. The monoisotopic (exact) mass is 528 g/mol. The molecule has 3 unspecified atom stereocenters. The number of benzene rings is 2. The quantitative estimate of drug-likeness (QED) is 0.561. The minimum absolute atomic E-state index is 0.220. The van der Waals surface area contributed by atoms with Crippen LogP contribution >= 0.6 is 0 Å². The fourth-order valence-electron chi connectivity index (χ4n) is 4.53. The summed E-state index contributed by atoms with van der Waals surface area (Å²) in [5, 5.41) is 10.4. The maximum absolute atomic E-state index is 14.2. The van der Waals surface area contributed by atoms with Gasteiger partial charge in [0, 0.05) is 18.7 Å². The van der Waals surface area contributed by atoms with Crippen molar-refractivity contribution in [3.05, 3.63) is 53.6 Å². The van der Waals surface area contributed by atoms with Crippen molar-refractivity contribution in [2.24, 2.45) is 5.92 Å². The Bertz CT molecular complexity index is 1350. The molecule has 2 aliphatic rings. The number of nitrogens with zero attached hydrogens (tertiary/aromatic N) is 1. The van der Waals surface area contributed by atoms with Crippen LogP contribution in [0.4, 0.5) is 22.0 Å². The lowest BCUT2D eigenvalue weighted by Gasteiger charge is -2.19. The van der Waals surface area contributed by atoms with E-state index in [1.54, 1.807) is 0 Å². The molecule has 0 aromatic heterocycles. The van der Waals surface area contributed by atoms with E-state index in [9.17, 15) is 40.4 Å². The van der Waals surface area contributed by atoms with Crippen LogP contribution in [0, 0.1) is 28.9 Å². The second-order valence-corrected chi connectivity index (χ2v) is 11.2. The Hall–Kier alpha value is -3.04. The van der Waals surface area contributed by atoms with Crippen LogP contribution in [0.2, 0.25) is 0 Å². The molecule has 0 heterocycles. The molecule has 2 aromatic rings. The van der Waals surface area contributed by atoms with E-state index in [1.807, 2.05) is 6.07 Å². The van der Waals surface area contributed by atoms with Crippen molar-refractivity contribution in [1.82, 2.24) is 5.32 Å². The number of carbonyl (C=O) groups is 1. The zero-order chi connectivity index (χ0) is 26.5. The van der Waals surface area contributed by atoms with Crippen molar-refractivity contribution in [2.75, 3.05) is 7.11 Å². The predicted octanol–water partition coefficient (Wildman–Crippen LogP) is 4.39. The Morgan fingerprint density at radius 2 is 1.83 bits per heavy atom. The molecule has 2 aromatic carbocycles. The third kappa shape index (κ3) is 4.82. The van der Waals surface area contributed by atoms with E-state index in [-0.39, 0.29) is 24.0 Å². The first kappa shape index (κ1) is 26.0. The smallest absolute Gasteiger partial charge is 0.381 e. The number of halogens is 5. The Morgan fingerprint density at radius 3 is 2.39 bits per heavy atom. The predicted molar refractivity (Wildman–Crippen MR) is 117 cm³/mol. The lowest BCUT2D eigenvalue weighted by Crippen LogP contribution is -2.42. The van der Waals surface area contributed by atoms with Crippen molar-refractivity contribution in [2.45, 2.75) is 53.6 Å². The Labute approximate surface area is 204 Å². The molecule has 1 N–H and O–H groups in total. The normalized spacial score (nSPS) is 23.2. The van der Waals surface area contributed by atoms with Gasteiger partial charge in [0.15, 0.2) is 9.84 Å². The number of amides is 1. The fourth-order valence-corrected chi connectivity index (χ4v) is 6.53. The third-order valence-electron chi connectivity index (χ3n) is 6.70. The van der Waals surface area contributed by atoms with E-state index < -0.39 is 66.8 Å². The van der Waals surface area contributed by atoms with Crippen LogP contribution in [0.5, 0.6) is 0 Å². The molecule has 12 heteroatoms. The van der Waals surface area contributed by atoms with Crippen LogP contribution in [0.1, 0.15) is 31.2 Å². The van der Waals surface area contributed by atoms with E-state index in [4.69, 9.17) is 4.74 Å². The van der Waals surface area contributed by atoms with E-state index in [1.165, 1.54) is 7.11 Å². The molecule has 0 spiro atoms. The summed E-state index contributed by atoms with van der Waals surface area (Å²) in [6, 6.07) is 6.64. The molecule has 192 valence electrons. The topological polar surface area (TPSA) is 96.3 Å². The SMILES string of the molecule is COC1CC(S(=O)(=O)c2ccc(-c3ccc(F)cc3F)cc2C(F)(F)F)CC1C(=O)NC1(C#N)CC1. The first-order valence-corrected chi connectivity index (χ1v) is 12.5. The van der Waals surface area contributed by atoms with Crippen LogP contribution in [0.3, 0.4) is 0 Å². The van der Waals surface area contributed by atoms with Crippen molar-refractivity contribution in [3.8, 4) is 17.2 Å². The number of carbonyl (C=O) groups excluding carboxylic acids is 1. The first-order valence-electron chi connectivity index (χ1n) is 11.0. The maximum Gasteiger partial charge on any atom is 0.417 e. The summed E-state index contributed by atoms with van der Waals surface area (Å²) in [5.41, 5.74) is -3.09. The molecule has 3 atom stereocenters. The third-order valence-corrected chi connectivity index (χ3v) is 8.93. The minimum Gasteiger partial charge on any atom is -0.381 e. The number of hydrogen-bond donors (Lipinski definition) is 1. The van der Waals surface area contributed by atoms with Crippen molar-refractivity contribution < 1.29 is 39.9 Å². The Kier molecular flexibility index (Phi) is 6.59. The van der Waals surface area contributed by atoms with Crippen molar-refractivity contribution >= 4 is 15.7 Å². The van der Waals surface area contributed by atoms with Crippen LogP contribution < -0.4 is 5.32 Å². The largest absolute Gasteiger partial charge is 0.417 e. The number of hydrogen-bond acceptors (Lipinski definition) is 5. The summed E-state index contributed by atoms with van der Waals surface area (Å²) in [7, 11) is -3.34. The van der Waals surface area contributed by atoms with Gasteiger partial charge in [-0.1, -0.05) is 6.07 Å². The van der Waals surface area contributed by atoms with Crippen LogP contribution in [-0.2, 0) is 25.5 Å². The van der Waals surface area contributed by atoms with E-state index in [0.717, 1.165) is 24.3 Å². The zero-order valence-corrected chi connectivity index (χ0v) is 19.7. The summed E-state index contributed by atoms with van der Waals surface area (Å²) < 4.78 is 101. The Morgan fingerprint density at radius 1 is 1.14 bits per heavy atom. The standard InChI is InChI=1S/C24H21F5N2O4S/c1-35-20-11-15(10-17(20)22(32)31-23(12-30)6-7-23)36(33,34)21-5-2-13(8-18(21)24(27,28)29)16-4-3-14(25)9-19(16)26/h2-5,8-9,15,17,20H,6-7,10-11H2,1H3,(H,31,32). The van der Waals surface area contributed by atoms with Gasteiger partial charge in [-0.25, -0.2) is 17.2 Å². The molecule has 4 rings (SSSR count). The molecule has 0 aliphatic heterocycles. The van der Waals surface area contributed by atoms with Gasteiger partial charge in [-0.15, -0.1) is 0 Å². The van der Waals surface area contributed by atoms with Gasteiger partial charge in [0.25, 0.3) is 0 Å². The van der Waals surface area contributed by atoms with Gasteiger partial charge in [0.1, 0.15) is 17.2 Å². The molecule has 2 fully saturated rings. The van der Waals surface area contributed by atoms with Crippen LogP contribution in [0.15, 0.2) is 41.3 Å². The molecule has 6 nitrogen and oxygen atoms in total. The number of methoxy groups -OCH3 is 1. The molecule has 0 bridgehead atoms. The average Bonchev–Trinajstić information content (AvgIpc) is 3.43. The zero-order valence-electron chi connectivity index (χ0n) is 18.9. The summed E-state index contributed by atoms with van der Waals surface area (Å²) in [6.07, 6.45) is -5.58. The number of nitriles is 1. The van der Waals surface area contributed by atoms with E-state index in [2.05, 4.69) is 5.32 Å². The van der Waals surface area contributed by atoms with Crippen LogP contribution in [0.25, 0.3) is 11.1 Å². The number of alkyl halides is 3. The van der Waals surface area contributed by atoms with Gasteiger partial charge in [0.2, 0.25) is 5.91 Å². The van der Waals surface area contributed by atoms with Gasteiger partial charge in [0.05, 0.1) is 33.8 Å². The van der Waals surface area contributed by atoms with Gasteiger partial charge < -0.3 is 10.1 Å². The lowest BCUT2D eigenvalue weighted by molar-refractivity contribution is -0.139. The van der Waals surface area contributed by atoms with Crippen molar-refractivity contribution in [3.63, 3.8) is 0 Å². The molecule has 2 saturated carbocycles. The first-order chi connectivity index (χ1) is 16.8. The summed E-state index contributed by atoms with van der Waals surface area (Å²) in [4.78, 5) is 11.7. The fraction of sp³-hybridized carbons (Fsp3) is 0.417. The van der Waals surface area contributed by atoms with E-state index >= 15 is 0 Å². The van der Waals surface area contributed by atoms with Crippen molar-refractivity contribution in [1.29, 1.82) is 5.26 Å². The second-order valence-electron chi connectivity index (χ2n) is 9.04. The summed E-state index contributed by atoms with van der Waals surface area (Å²) in [6.45, 7) is 0. The molecule has 0 radical (unpaired) electrons. The number of rotatable bonds is 6.